The summed E-state index contributed by atoms with van der Waals surface area (Å²) in [6, 6.07) is 13.7. The SMILES string of the molecule is CCc1nc2cc(-c3noc(-c4cccc(N(C)C)c4)n3)ccc2o1. The monoisotopic (exact) mass is 334 g/mol. The summed E-state index contributed by atoms with van der Waals surface area (Å²) in [6.45, 7) is 2.01. The summed E-state index contributed by atoms with van der Waals surface area (Å²) >= 11 is 0. The Bertz CT molecular complexity index is 1030. The fourth-order valence-corrected chi connectivity index (χ4v) is 2.64. The minimum Gasteiger partial charge on any atom is -0.441 e. The Hall–Kier alpha value is -3.15. The molecule has 0 aliphatic rings. The Morgan fingerprint density at radius 1 is 1.00 bits per heavy atom. The Balaban J connectivity index is 1.70. The average molecular weight is 334 g/mol. The lowest BCUT2D eigenvalue weighted by atomic mass is 10.2. The molecule has 0 N–H and O–H groups in total. The van der Waals surface area contributed by atoms with Gasteiger partial charge >= 0.3 is 0 Å². The number of anilines is 1. The zero-order chi connectivity index (χ0) is 17.4. The molecular weight excluding hydrogens is 316 g/mol. The lowest BCUT2D eigenvalue weighted by Crippen LogP contribution is -2.08. The van der Waals surface area contributed by atoms with Gasteiger partial charge in [0, 0.05) is 37.3 Å². The number of nitrogens with zero attached hydrogens (tertiary/aromatic N) is 4. The standard InChI is InChI=1S/C19H18N4O2/c1-4-17-20-15-11-12(8-9-16(15)24-17)18-21-19(25-22-18)13-6-5-7-14(10-13)23(2)3/h5-11H,4H2,1-3H3. The normalized spacial score (nSPS) is 11.2. The molecule has 0 amide bonds. The third-order valence-corrected chi connectivity index (χ3v) is 4.03. The molecule has 2 aromatic heterocycles. The van der Waals surface area contributed by atoms with Crippen molar-refractivity contribution >= 4 is 16.8 Å². The van der Waals surface area contributed by atoms with Gasteiger partial charge in [0.25, 0.3) is 5.89 Å². The van der Waals surface area contributed by atoms with Crippen molar-refractivity contribution in [2.24, 2.45) is 0 Å². The zero-order valence-corrected chi connectivity index (χ0v) is 14.4. The van der Waals surface area contributed by atoms with Crippen LogP contribution in [0.5, 0.6) is 0 Å². The molecule has 0 saturated carbocycles. The predicted molar refractivity (Wildman–Crippen MR) is 96.4 cm³/mol. The van der Waals surface area contributed by atoms with E-state index in [0.717, 1.165) is 40.2 Å². The number of benzene rings is 2. The van der Waals surface area contributed by atoms with Crippen molar-refractivity contribution in [3.63, 3.8) is 0 Å². The van der Waals surface area contributed by atoms with Crippen LogP contribution in [0.25, 0.3) is 33.9 Å². The Morgan fingerprint density at radius 3 is 2.68 bits per heavy atom. The Labute approximate surface area is 145 Å². The van der Waals surface area contributed by atoms with Crippen LogP contribution in [0.15, 0.2) is 51.4 Å². The van der Waals surface area contributed by atoms with E-state index in [-0.39, 0.29) is 0 Å². The van der Waals surface area contributed by atoms with Crippen molar-refractivity contribution < 1.29 is 8.94 Å². The molecule has 0 radical (unpaired) electrons. The van der Waals surface area contributed by atoms with Crippen molar-refractivity contribution in [1.82, 2.24) is 15.1 Å². The lowest BCUT2D eigenvalue weighted by molar-refractivity contribution is 0.432. The van der Waals surface area contributed by atoms with E-state index in [2.05, 4.69) is 15.1 Å². The van der Waals surface area contributed by atoms with Crippen molar-refractivity contribution in [1.29, 1.82) is 0 Å². The highest BCUT2D eigenvalue weighted by Crippen LogP contribution is 2.27. The van der Waals surface area contributed by atoms with E-state index in [4.69, 9.17) is 8.94 Å². The molecule has 25 heavy (non-hydrogen) atoms. The van der Waals surface area contributed by atoms with Crippen LogP contribution in [0, 0.1) is 0 Å². The van der Waals surface area contributed by atoms with E-state index < -0.39 is 0 Å². The molecule has 0 aliphatic heterocycles. The number of hydrogen-bond donors (Lipinski definition) is 0. The molecule has 0 aliphatic carbocycles. The van der Waals surface area contributed by atoms with Crippen LogP contribution >= 0.6 is 0 Å². The number of oxazole rings is 1. The number of aryl methyl sites for hydroxylation is 1. The van der Waals surface area contributed by atoms with Gasteiger partial charge in [-0.25, -0.2) is 4.98 Å². The lowest BCUT2D eigenvalue weighted by Gasteiger charge is -2.12. The summed E-state index contributed by atoms with van der Waals surface area (Å²) < 4.78 is 11.1. The maximum absolute atomic E-state index is 5.64. The molecule has 0 bridgehead atoms. The fraction of sp³-hybridized carbons (Fsp3) is 0.211. The number of aromatic nitrogens is 3. The molecule has 6 nitrogen and oxygen atoms in total. The van der Waals surface area contributed by atoms with Crippen LogP contribution in [-0.4, -0.2) is 29.2 Å². The first-order chi connectivity index (χ1) is 12.1. The van der Waals surface area contributed by atoms with Gasteiger partial charge < -0.3 is 13.8 Å². The number of fused-ring (bicyclic) bond motifs is 1. The Morgan fingerprint density at radius 2 is 1.88 bits per heavy atom. The number of hydrogen-bond acceptors (Lipinski definition) is 6. The third kappa shape index (κ3) is 2.87. The zero-order valence-electron chi connectivity index (χ0n) is 14.4. The highest BCUT2D eigenvalue weighted by Gasteiger charge is 2.13. The smallest absolute Gasteiger partial charge is 0.258 e. The van der Waals surface area contributed by atoms with Crippen LogP contribution in [0.2, 0.25) is 0 Å². The fourth-order valence-electron chi connectivity index (χ4n) is 2.64. The van der Waals surface area contributed by atoms with Gasteiger partial charge in [-0.2, -0.15) is 4.98 Å². The molecule has 2 heterocycles. The highest BCUT2D eigenvalue weighted by molar-refractivity contribution is 5.79. The van der Waals surface area contributed by atoms with Gasteiger partial charge in [0.15, 0.2) is 11.5 Å². The second-order valence-corrected chi connectivity index (χ2v) is 6.01. The first kappa shape index (κ1) is 15.4. The van der Waals surface area contributed by atoms with Crippen LogP contribution in [0.3, 0.4) is 0 Å². The second-order valence-electron chi connectivity index (χ2n) is 6.01. The molecule has 4 aromatic rings. The van der Waals surface area contributed by atoms with Crippen molar-refractivity contribution in [2.45, 2.75) is 13.3 Å². The molecule has 0 unspecified atom stereocenters. The molecule has 126 valence electrons. The summed E-state index contributed by atoms with van der Waals surface area (Å²) in [6.07, 6.45) is 0.762. The quantitative estimate of drug-likeness (QED) is 0.558. The van der Waals surface area contributed by atoms with E-state index in [1.165, 1.54) is 0 Å². The second kappa shape index (κ2) is 6.05. The van der Waals surface area contributed by atoms with Gasteiger partial charge in [0.2, 0.25) is 5.82 Å². The Kier molecular flexibility index (Phi) is 3.72. The maximum Gasteiger partial charge on any atom is 0.258 e. The van der Waals surface area contributed by atoms with Crippen molar-refractivity contribution in [2.75, 3.05) is 19.0 Å². The maximum atomic E-state index is 5.64. The van der Waals surface area contributed by atoms with Crippen LogP contribution in [-0.2, 0) is 6.42 Å². The molecule has 4 rings (SSSR count). The van der Waals surface area contributed by atoms with E-state index in [9.17, 15) is 0 Å². The van der Waals surface area contributed by atoms with Crippen molar-refractivity contribution in [3.8, 4) is 22.8 Å². The van der Waals surface area contributed by atoms with Crippen LogP contribution in [0.4, 0.5) is 5.69 Å². The average Bonchev–Trinajstić information content (AvgIpc) is 3.27. The summed E-state index contributed by atoms with van der Waals surface area (Å²) in [7, 11) is 3.99. The first-order valence-electron chi connectivity index (χ1n) is 8.15. The predicted octanol–water partition coefficient (Wildman–Crippen LogP) is 4.17. The molecule has 0 fully saturated rings. The van der Waals surface area contributed by atoms with E-state index in [1.807, 2.05) is 68.4 Å². The van der Waals surface area contributed by atoms with Gasteiger partial charge in [-0.15, -0.1) is 0 Å². The third-order valence-electron chi connectivity index (χ3n) is 4.03. The van der Waals surface area contributed by atoms with Gasteiger partial charge in [-0.3, -0.25) is 0 Å². The molecule has 0 spiro atoms. The first-order valence-corrected chi connectivity index (χ1v) is 8.15. The summed E-state index contributed by atoms with van der Waals surface area (Å²) in [5.74, 6) is 1.75. The van der Waals surface area contributed by atoms with Crippen molar-refractivity contribution in [3.05, 3.63) is 48.4 Å². The topological polar surface area (TPSA) is 68.2 Å². The molecule has 0 saturated heterocycles. The van der Waals surface area contributed by atoms with E-state index >= 15 is 0 Å². The van der Waals surface area contributed by atoms with Gasteiger partial charge in [-0.1, -0.05) is 18.1 Å². The molecular formula is C19H18N4O2. The summed E-state index contributed by atoms with van der Waals surface area (Å²) in [5, 5.41) is 4.11. The minimum absolute atomic E-state index is 0.494. The van der Waals surface area contributed by atoms with Crippen LogP contribution in [0.1, 0.15) is 12.8 Å². The van der Waals surface area contributed by atoms with Gasteiger partial charge in [0.1, 0.15) is 5.52 Å². The molecule has 2 aromatic carbocycles. The van der Waals surface area contributed by atoms with Crippen LogP contribution < -0.4 is 4.90 Å². The molecule has 0 atom stereocenters. The van der Waals surface area contributed by atoms with E-state index in [0.29, 0.717) is 11.7 Å². The highest BCUT2D eigenvalue weighted by atomic mass is 16.5. The van der Waals surface area contributed by atoms with Gasteiger partial charge in [-0.05, 0) is 36.4 Å². The minimum atomic E-state index is 0.494. The number of rotatable bonds is 4. The largest absolute Gasteiger partial charge is 0.441 e. The molecule has 6 heteroatoms. The van der Waals surface area contributed by atoms with Gasteiger partial charge in [0.05, 0.1) is 0 Å². The summed E-state index contributed by atoms with van der Waals surface area (Å²) in [4.78, 5) is 11.0. The summed E-state index contributed by atoms with van der Waals surface area (Å²) in [5.41, 5.74) is 4.38. The van der Waals surface area contributed by atoms with E-state index in [1.54, 1.807) is 0 Å².